The summed E-state index contributed by atoms with van der Waals surface area (Å²) in [7, 11) is 2.00. The van der Waals surface area contributed by atoms with Gasteiger partial charge in [-0.25, -0.2) is 4.98 Å². The van der Waals surface area contributed by atoms with Crippen molar-refractivity contribution in [3.8, 4) is 0 Å². The Balaban J connectivity index is 2.44. The third-order valence-electron chi connectivity index (χ3n) is 2.54. The number of rotatable bonds is 3. The van der Waals surface area contributed by atoms with E-state index in [1.807, 2.05) is 17.9 Å². The predicted molar refractivity (Wildman–Crippen MR) is 65.8 cm³/mol. The lowest BCUT2D eigenvalue weighted by molar-refractivity contribution is 0.830. The quantitative estimate of drug-likeness (QED) is 0.927. The fourth-order valence-electron chi connectivity index (χ4n) is 1.68. The van der Waals surface area contributed by atoms with Gasteiger partial charge in [0, 0.05) is 11.5 Å². The van der Waals surface area contributed by atoms with Gasteiger partial charge in [-0.15, -0.1) is 0 Å². The van der Waals surface area contributed by atoms with Gasteiger partial charge in [0.2, 0.25) is 0 Å². The summed E-state index contributed by atoms with van der Waals surface area (Å²) in [5.74, 6) is 0. The average Bonchev–Trinajstić information content (AvgIpc) is 2.57. The Bertz CT molecular complexity index is 476. The van der Waals surface area contributed by atoms with Crippen LogP contribution in [0, 0.1) is 0 Å². The van der Waals surface area contributed by atoms with Crippen LogP contribution in [-0.4, -0.2) is 16.1 Å². The molecule has 0 radical (unpaired) electrons. The molecular weight excluding hydrogens is 254 g/mol. The minimum Gasteiger partial charge on any atom is -0.334 e. The molecule has 0 fully saturated rings. The standard InChI is InChI=1S/C11H14BrN3/c1-15-7-14-10-5-8(3-2-4-13)9(12)6-11(10)15/h5-7H,2-4,13H2,1H3. The largest absolute Gasteiger partial charge is 0.334 e. The molecule has 0 saturated carbocycles. The zero-order chi connectivity index (χ0) is 10.8. The Labute approximate surface area is 97.4 Å². The van der Waals surface area contributed by atoms with Gasteiger partial charge in [0.05, 0.1) is 17.4 Å². The Hall–Kier alpha value is -0.870. The Morgan fingerprint density at radius 2 is 2.27 bits per heavy atom. The van der Waals surface area contributed by atoms with E-state index in [2.05, 4.69) is 33.0 Å². The first kappa shape index (κ1) is 10.6. The van der Waals surface area contributed by atoms with Crippen molar-refractivity contribution in [1.82, 2.24) is 9.55 Å². The van der Waals surface area contributed by atoms with Crippen molar-refractivity contribution in [3.05, 3.63) is 28.5 Å². The second-order valence-electron chi connectivity index (χ2n) is 3.68. The van der Waals surface area contributed by atoms with Crippen molar-refractivity contribution in [2.45, 2.75) is 12.8 Å². The van der Waals surface area contributed by atoms with Crippen molar-refractivity contribution >= 4 is 27.0 Å². The van der Waals surface area contributed by atoms with E-state index in [-0.39, 0.29) is 0 Å². The van der Waals surface area contributed by atoms with E-state index in [1.54, 1.807) is 0 Å². The maximum absolute atomic E-state index is 5.51. The molecule has 1 aromatic heterocycles. The van der Waals surface area contributed by atoms with Gasteiger partial charge in [-0.2, -0.15) is 0 Å². The number of benzene rings is 1. The molecule has 0 bridgehead atoms. The van der Waals surface area contributed by atoms with Crippen LogP contribution in [0.1, 0.15) is 12.0 Å². The summed E-state index contributed by atoms with van der Waals surface area (Å²) in [5.41, 5.74) is 8.99. The molecule has 2 N–H and O–H groups in total. The number of aryl methyl sites for hydroxylation is 2. The zero-order valence-corrected chi connectivity index (χ0v) is 10.3. The minimum absolute atomic E-state index is 0.729. The van der Waals surface area contributed by atoms with Gasteiger partial charge in [-0.1, -0.05) is 15.9 Å². The monoisotopic (exact) mass is 267 g/mol. The fraction of sp³-hybridized carbons (Fsp3) is 0.364. The average molecular weight is 268 g/mol. The predicted octanol–water partition coefficient (Wildman–Crippen LogP) is 2.23. The van der Waals surface area contributed by atoms with Crippen molar-refractivity contribution in [2.24, 2.45) is 12.8 Å². The van der Waals surface area contributed by atoms with E-state index in [1.165, 1.54) is 5.56 Å². The molecule has 80 valence electrons. The third kappa shape index (κ3) is 2.06. The molecule has 0 aliphatic carbocycles. The maximum atomic E-state index is 5.51. The minimum atomic E-state index is 0.729. The third-order valence-corrected chi connectivity index (χ3v) is 3.28. The fourth-order valence-corrected chi connectivity index (χ4v) is 2.21. The van der Waals surface area contributed by atoms with Crippen molar-refractivity contribution in [2.75, 3.05) is 6.54 Å². The molecule has 3 nitrogen and oxygen atoms in total. The number of nitrogens with two attached hydrogens (primary N) is 1. The van der Waals surface area contributed by atoms with Crippen LogP contribution in [0.15, 0.2) is 22.9 Å². The van der Waals surface area contributed by atoms with E-state index in [9.17, 15) is 0 Å². The first-order valence-corrected chi connectivity index (χ1v) is 5.81. The lowest BCUT2D eigenvalue weighted by atomic mass is 10.1. The first-order valence-electron chi connectivity index (χ1n) is 5.02. The number of fused-ring (bicyclic) bond motifs is 1. The molecule has 1 heterocycles. The molecule has 2 rings (SSSR count). The Morgan fingerprint density at radius 3 is 3.00 bits per heavy atom. The van der Waals surface area contributed by atoms with Crippen LogP contribution in [0.5, 0.6) is 0 Å². The van der Waals surface area contributed by atoms with Gasteiger partial charge in [-0.05, 0) is 37.1 Å². The van der Waals surface area contributed by atoms with Gasteiger partial charge >= 0.3 is 0 Å². The molecule has 0 aliphatic heterocycles. The number of nitrogens with zero attached hydrogens (tertiary/aromatic N) is 2. The topological polar surface area (TPSA) is 43.8 Å². The van der Waals surface area contributed by atoms with E-state index >= 15 is 0 Å². The van der Waals surface area contributed by atoms with Crippen LogP contribution in [-0.2, 0) is 13.5 Å². The van der Waals surface area contributed by atoms with Gasteiger partial charge in [0.15, 0.2) is 0 Å². The van der Waals surface area contributed by atoms with Crippen LogP contribution in [0.4, 0.5) is 0 Å². The lowest BCUT2D eigenvalue weighted by Crippen LogP contribution is -2.00. The molecule has 15 heavy (non-hydrogen) atoms. The highest BCUT2D eigenvalue weighted by atomic mass is 79.9. The molecule has 4 heteroatoms. The second kappa shape index (κ2) is 4.33. The number of hydrogen-bond donors (Lipinski definition) is 1. The molecule has 0 unspecified atom stereocenters. The molecule has 0 saturated heterocycles. The molecule has 2 aromatic rings. The van der Waals surface area contributed by atoms with E-state index in [0.29, 0.717) is 0 Å². The van der Waals surface area contributed by atoms with Gasteiger partial charge < -0.3 is 10.3 Å². The lowest BCUT2D eigenvalue weighted by Gasteiger charge is -2.04. The van der Waals surface area contributed by atoms with Crippen LogP contribution < -0.4 is 5.73 Å². The van der Waals surface area contributed by atoms with Crippen LogP contribution >= 0.6 is 15.9 Å². The maximum Gasteiger partial charge on any atom is 0.0955 e. The highest BCUT2D eigenvalue weighted by Gasteiger charge is 2.05. The van der Waals surface area contributed by atoms with E-state index < -0.39 is 0 Å². The summed E-state index contributed by atoms with van der Waals surface area (Å²) in [6.07, 6.45) is 3.85. The van der Waals surface area contributed by atoms with Crippen molar-refractivity contribution in [1.29, 1.82) is 0 Å². The summed E-state index contributed by atoms with van der Waals surface area (Å²) in [4.78, 5) is 4.34. The molecule has 0 atom stereocenters. The molecule has 1 aromatic carbocycles. The SMILES string of the molecule is Cn1cnc2cc(CCCN)c(Br)cc21. The molecular formula is C11H14BrN3. The number of imidazole rings is 1. The van der Waals surface area contributed by atoms with Gasteiger partial charge in [0.25, 0.3) is 0 Å². The number of hydrogen-bond acceptors (Lipinski definition) is 2. The van der Waals surface area contributed by atoms with Crippen molar-refractivity contribution in [3.63, 3.8) is 0 Å². The molecule has 0 amide bonds. The highest BCUT2D eigenvalue weighted by molar-refractivity contribution is 9.10. The van der Waals surface area contributed by atoms with Gasteiger partial charge in [0.1, 0.15) is 0 Å². The van der Waals surface area contributed by atoms with Crippen LogP contribution in [0.25, 0.3) is 11.0 Å². The summed E-state index contributed by atoms with van der Waals surface area (Å²) >= 11 is 3.58. The van der Waals surface area contributed by atoms with E-state index in [4.69, 9.17) is 5.73 Å². The van der Waals surface area contributed by atoms with Crippen LogP contribution in [0.2, 0.25) is 0 Å². The highest BCUT2D eigenvalue weighted by Crippen LogP contribution is 2.24. The Kier molecular flexibility index (Phi) is 3.07. The summed E-state index contributed by atoms with van der Waals surface area (Å²) < 4.78 is 3.17. The Morgan fingerprint density at radius 1 is 1.47 bits per heavy atom. The second-order valence-corrected chi connectivity index (χ2v) is 4.53. The van der Waals surface area contributed by atoms with Crippen molar-refractivity contribution < 1.29 is 0 Å². The summed E-state index contributed by atoms with van der Waals surface area (Å²) in [5, 5.41) is 0. The first-order chi connectivity index (χ1) is 7.22. The summed E-state index contributed by atoms with van der Waals surface area (Å²) in [6.45, 7) is 0.729. The van der Waals surface area contributed by atoms with E-state index in [0.717, 1.165) is 34.9 Å². The van der Waals surface area contributed by atoms with Gasteiger partial charge in [-0.3, -0.25) is 0 Å². The normalized spacial score (nSPS) is 11.1. The number of halogens is 1. The summed E-state index contributed by atoms with van der Waals surface area (Å²) in [6, 6.07) is 4.25. The van der Waals surface area contributed by atoms with Crippen LogP contribution in [0.3, 0.4) is 0 Å². The smallest absolute Gasteiger partial charge is 0.0955 e. The molecule has 0 spiro atoms. The zero-order valence-electron chi connectivity index (χ0n) is 8.70. The molecule has 0 aliphatic rings. The number of aromatic nitrogens is 2.